The second-order valence-corrected chi connectivity index (χ2v) is 6.77. The number of nitrogens with one attached hydrogen (secondary N) is 3. The number of anilines is 1. The first kappa shape index (κ1) is 19.7. The molecule has 0 radical (unpaired) electrons. The molecule has 28 heavy (non-hydrogen) atoms. The summed E-state index contributed by atoms with van der Waals surface area (Å²) in [6.07, 6.45) is 2.47. The summed E-state index contributed by atoms with van der Waals surface area (Å²) >= 11 is 0. The third-order valence-corrected chi connectivity index (χ3v) is 4.65. The van der Waals surface area contributed by atoms with Gasteiger partial charge in [0.2, 0.25) is 0 Å². The van der Waals surface area contributed by atoms with Crippen molar-refractivity contribution in [2.24, 2.45) is 0 Å². The minimum absolute atomic E-state index is 0.0433. The Morgan fingerprint density at radius 3 is 2.50 bits per heavy atom. The summed E-state index contributed by atoms with van der Waals surface area (Å²) in [5.74, 6) is 0.0766. The van der Waals surface area contributed by atoms with E-state index in [4.69, 9.17) is 4.74 Å². The molecular weight excluding hydrogens is 356 g/mol. The van der Waals surface area contributed by atoms with Gasteiger partial charge in [0.1, 0.15) is 5.75 Å². The van der Waals surface area contributed by atoms with Crippen LogP contribution in [-0.4, -0.2) is 43.5 Å². The summed E-state index contributed by atoms with van der Waals surface area (Å²) in [5, 5.41) is 2.98. The van der Waals surface area contributed by atoms with Crippen molar-refractivity contribution in [1.29, 1.82) is 0 Å². The number of rotatable bonds is 7. The Hall–Kier alpha value is -3.06. The maximum Gasteiger partial charge on any atom is 0.269 e. The van der Waals surface area contributed by atoms with Crippen LogP contribution < -0.4 is 20.9 Å². The molecule has 1 saturated heterocycles. The van der Waals surface area contributed by atoms with Crippen LogP contribution in [0.5, 0.6) is 5.75 Å². The van der Waals surface area contributed by atoms with Gasteiger partial charge in [0, 0.05) is 17.8 Å². The number of methoxy groups -OCH3 is 1. The Morgan fingerprint density at radius 1 is 1.04 bits per heavy atom. The van der Waals surface area contributed by atoms with E-state index in [-0.39, 0.29) is 18.4 Å². The standard InChI is InChI=1S/C21H26N4O3/c1-28-19-9-7-18(8-10-19)22-14-20(26)23-24-21(27)17-6-4-5-16(13-17)15-25-11-2-3-12-25/h4-10,13,22H,2-3,11-12,14-15H2,1H3,(H,23,26)(H,24,27). The molecule has 0 aliphatic carbocycles. The Labute approximate surface area is 165 Å². The third kappa shape index (κ3) is 5.72. The van der Waals surface area contributed by atoms with Crippen LogP contribution in [0.4, 0.5) is 5.69 Å². The molecule has 0 aromatic heterocycles. The first-order valence-corrected chi connectivity index (χ1v) is 9.42. The molecule has 0 unspecified atom stereocenters. The highest BCUT2D eigenvalue weighted by molar-refractivity contribution is 5.95. The predicted molar refractivity (Wildman–Crippen MR) is 108 cm³/mol. The van der Waals surface area contributed by atoms with E-state index in [1.807, 2.05) is 30.3 Å². The smallest absolute Gasteiger partial charge is 0.269 e. The zero-order chi connectivity index (χ0) is 19.8. The van der Waals surface area contributed by atoms with Gasteiger partial charge in [0.05, 0.1) is 13.7 Å². The molecule has 2 aromatic rings. The Balaban J connectivity index is 1.44. The van der Waals surface area contributed by atoms with Crippen molar-refractivity contribution in [3.63, 3.8) is 0 Å². The molecule has 0 atom stereocenters. The Bertz CT molecular complexity index is 802. The molecule has 0 spiro atoms. The lowest BCUT2D eigenvalue weighted by Crippen LogP contribution is -2.44. The molecule has 0 bridgehead atoms. The van der Waals surface area contributed by atoms with Gasteiger partial charge in [0.25, 0.3) is 11.8 Å². The Kier molecular flexibility index (Phi) is 6.86. The van der Waals surface area contributed by atoms with Crippen LogP contribution in [0, 0.1) is 0 Å². The number of ether oxygens (including phenoxy) is 1. The lowest BCUT2D eigenvalue weighted by Gasteiger charge is -2.15. The van der Waals surface area contributed by atoms with Crippen LogP contribution in [0.3, 0.4) is 0 Å². The molecule has 2 aromatic carbocycles. The number of hydrogen-bond acceptors (Lipinski definition) is 5. The summed E-state index contributed by atoms with van der Waals surface area (Å²) in [6.45, 7) is 3.10. The van der Waals surface area contributed by atoms with Gasteiger partial charge in [-0.1, -0.05) is 12.1 Å². The first-order chi connectivity index (χ1) is 13.6. The molecule has 1 fully saturated rings. The van der Waals surface area contributed by atoms with E-state index in [9.17, 15) is 9.59 Å². The number of hydrazine groups is 1. The summed E-state index contributed by atoms with van der Waals surface area (Å²) in [5.41, 5.74) is 7.31. The molecule has 1 heterocycles. The minimum Gasteiger partial charge on any atom is -0.497 e. The second kappa shape index (κ2) is 9.75. The van der Waals surface area contributed by atoms with Gasteiger partial charge in [-0.15, -0.1) is 0 Å². The molecule has 3 N–H and O–H groups in total. The van der Waals surface area contributed by atoms with E-state index >= 15 is 0 Å². The van der Waals surface area contributed by atoms with Crippen molar-refractivity contribution < 1.29 is 14.3 Å². The maximum atomic E-state index is 12.3. The highest BCUT2D eigenvalue weighted by Gasteiger charge is 2.13. The van der Waals surface area contributed by atoms with Crippen molar-refractivity contribution in [3.05, 3.63) is 59.7 Å². The van der Waals surface area contributed by atoms with Crippen molar-refractivity contribution in [2.45, 2.75) is 19.4 Å². The zero-order valence-electron chi connectivity index (χ0n) is 16.0. The number of carbonyl (C=O) groups excluding carboxylic acids is 2. The molecule has 1 aliphatic rings. The molecule has 2 amide bonds. The molecule has 1 aliphatic heterocycles. The van der Waals surface area contributed by atoms with Gasteiger partial charge in [-0.3, -0.25) is 25.3 Å². The topological polar surface area (TPSA) is 82.7 Å². The van der Waals surface area contributed by atoms with Crippen LogP contribution in [0.15, 0.2) is 48.5 Å². The first-order valence-electron chi connectivity index (χ1n) is 9.42. The molecule has 7 nitrogen and oxygen atoms in total. The monoisotopic (exact) mass is 382 g/mol. The van der Waals surface area contributed by atoms with Crippen molar-refractivity contribution in [3.8, 4) is 5.75 Å². The highest BCUT2D eigenvalue weighted by Crippen LogP contribution is 2.15. The number of benzene rings is 2. The second-order valence-electron chi connectivity index (χ2n) is 6.77. The predicted octanol–water partition coefficient (Wildman–Crippen LogP) is 2.16. The number of amides is 2. The fourth-order valence-corrected chi connectivity index (χ4v) is 3.14. The summed E-state index contributed by atoms with van der Waals surface area (Å²) in [7, 11) is 1.60. The largest absolute Gasteiger partial charge is 0.497 e. The maximum absolute atomic E-state index is 12.3. The summed E-state index contributed by atoms with van der Waals surface area (Å²) in [4.78, 5) is 26.6. The van der Waals surface area contributed by atoms with E-state index in [1.165, 1.54) is 12.8 Å². The van der Waals surface area contributed by atoms with E-state index in [1.54, 1.807) is 25.3 Å². The summed E-state index contributed by atoms with van der Waals surface area (Å²) in [6, 6.07) is 14.7. The van der Waals surface area contributed by atoms with Crippen molar-refractivity contribution >= 4 is 17.5 Å². The highest BCUT2D eigenvalue weighted by atomic mass is 16.5. The SMILES string of the molecule is COc1ccc(NCC(=O)NNC(=O)c2cccc(CN3CCCC3)c2)cc1. The molecular formula is C21H26N4O3. The number of carbonyl (C=O) groups is 2. The van der Waals surface area contributed by atoms with Gasteiger partial charge in [-0.25, -0.2) is 0 Å². The zero-order valence-corrected chi connectivity index (χ0v) is 16.0. The van der Waals surface area contributed by atoms with E-state index in [2.05, 4.69) is 21.1 Å². The van der Waals surface area contributed by atoms with Crippen LogP contribution in [0.25, 0.3) is 0 Å². The van der Waals surface area contributed by atoms with Gasteiger partial charge >= 0.3 is 0 Å². The summed E-state index contributed by atoms with van der Waals surface area (Å²) < 4.78 is 5.09. The quantitative estimate of drug-likeness (QED) is 0.640. The average Bonchev–Trinajstić information content (AvgIpc) is 3.24. The van der Waals surface area contributed by atoms with Crippen molar-refractivity contribution in [2.75, 3.05) is 32.1 Å². The van der Waals surface area contributed by atoms with E-state index in [0.29, 0.717) is 5.56 Å². The molecule has 7 heteroatoms. The average molecular weight is 382 g/mol. The van der Waals surface area contributed by atoms with Crippen LogP contribution in [0.2, 0.25) is 0 Å². The van der Waals surface area contributed by atoms with E-state index < -0.39 is 0 Å². The van der Waals surface area contributed by atoms with Crippen LogP contribution in [0.1, 0.15) is 28.8 Å². The third-order valence-electron chi connectivity index (χ3n) is 4.65. The molecule has 148 valence electrons. The molecule has 3 rings (SSSR count). The molecule has 0 saturated carbocycles. The minimum atomic E-state index is -0.336. The van der Waals surface area contributed by atoms with Crippen LogP contribution in [-0.2, 0) is 11.3 Å². The lowest BCUT2D eigenvalue weighted by atomic mass is 10.1. The normalized spacial score (nSPS) is 13.8. The number of nitrogens with zero attached hydrogens (tertiary/aromatic N) is 1. The lowest BCUT2D eigenvalue weighted by molar-refractivity contribution is -0.120. The number of likely N-dealkylation sites (tertiary alicyclic amines) is 1. The van der Waals surface area contributed by atoms with Gasteiger partial charge in [-0.2, -0.15) is 0 Å². The van der Waals surface area contributed by atoms with Gasteiger partial charge in [0.15, 0.2) is 0 Å². The van der Waals surface area contributed by atoms with Crippen molar-refractivity contribution in [1.82, 2.24) is 15.8 Å². The van der Waals surface area contributed by atoms with Gasteiger partial charge < -0.3 is 10.1 Å². The van der Waals surface area contributed by atoms with Crippen LogP contribution >= 0.6 is 0 Å². The Morgan fingerprint density at radius 2 is 1.79 bits per heavy atom. The number of hydrogen-bond donors (Lipinski definition) is 3. The van der Waals surface area contributed by atoms with E-state index in [0.717, 1.165) is 36.6 Å². The fourth-order valence-electron chi connectivity index (χ4n) is 3.14. The van der Waals surface area contributed by atoms with Gasteiger partial charge in [-0.05, 0) is 67.9 Å². The fraction of sp³-hybridized carbons (Fsp3) is 0.333.